The maximum atomic E-state index is 11.8. The first-order valence-corrected chi connectivity index (χ1v) is 6.38. The van der Waals surface area contributed by atoms with Gasteiger partial charge in [-0.25, -0.2) is 4.98 Å². The third kappa shape index (κ3) is 3.59. The molecule has 0 saturated heterocycles. The molecule has 98 valence electrons. The zero-order valence-corrected chi connectivity index (χ0v) is 10.9. The number of benzene rings is 1. The number of aromatic nitrogens is 1. The molecule has 1 aromatic heterocycles. The maximum Gasteiger partial charge on any atom is 0.271 e. The van der Waals surface area contributed by atoms with Crippen molar-refractivity contribution >= 4 is 28.6 Å². The highest BCUT2D eigenvalue weighted by Gasteiger charge is 2.09. The molecule has 2 rings (SSSR count). The minimum absolute atomic E-state index is 0.0534. The molecule has 0 saturated carbocycles. The minimum atomic E-state index is -0.501. The van der Waals surface area contributed by atoms with Crippen LogP contribution in [0.5, 0.6) is 0 Å². The maximum absolute atomic E-state index is 11.8. The fourth-order valence-electron chi connectivity index (χ4n) is 1.56. The molecular formula is C12H11N3O3S. The molecule has 0 aliphatic rings. The zero-order valence-electron chi connectivity index (χ0n) is 10.1. The van der Waals surface area contributed by atoms with Crippen LogP contribution in [0.25, 0.3) is 0 Å². The summed E-state index contributed by atoms with van der Waals surface area (Å²) in [4.78, 5) is 26.1. The molecule has 0 fully saturated rings. The van der Waals surface area contributed by atoms with Crippen LogP contribution in [0.3, 0.4) is 0 Å². The van der Waals surface area contributed by atoms with Crippen molar-refractivity contribution in [2.75, 3.05) is 5.32 Å². The number of nitro benzene ring substituents is 1. The van der Waals surface area contributed by atoms with Crippen molar-refractivity contribution in [1.82, 2.24) is 4.98 Å². The van der Waals surface area contributed by atoms with E-state index < -0.39 is 4.92 Å². The van der Waals surface area contributed by atoms with E-state index >= 15 is 0 Å². The van der Waals surface area contributed by atoms with Gasteiger partial charge in [0.1, 0.15) is 0 Å². The molecule has 0 aliphatic heterocycles. The Morgan fingerprint density at radius 2 is 2.32 bits per heavy atom. The van der Waals surface area contributed by atoms with E-state index in [1.807, 2.05) is 12.3 Å². The summed E-state index contributed by atoms with van der Waals surface area (Å²) in [6.07, 6.45) is 0.160. The number of carbonyl (C=O) groups excluding carboxylic acids is 1. The molecule has 0 atom stereocenters. The van der Waals surface area contributed by atoms with E-state index in [4.69, 9.17) is 0 Å². The predicted octanol–water partition coefficient (Wildman–Crippen LogP) is 2.54. The third-order valence-corrected chi connectivity index (χ3v) is 3.17. The number of rotatable bonds is 4. The van der Waals surface area contributed by atoms with Crippen LogP contribution in [0.1, 0.15) is 10.7 Å². The molecule has 2 aromatic rings. The first kappa shape index (κ1) is 13.2. The molecule has 7 heteroatoms. The van der Waals surface area contributed by atoms with Gasteiger partial charge < -0.3 is 5.32 Å². The number of non-ortho nitro benzene ring substituents is 1. The van der Waals surface area contributed by atoms with Gasteiger partial charge in [0.2, 0.25) is 5.91 Å². The molecule has 1 N–H and O–H groups in total. The lowest BCUT2D eigenvalue weighted by molar-refractivity contribution is -0.384. The van der Waals surface area contributed by atoms with Crippen LogP contribution >= 0.6 is 11.3 Å². The molecule has 0 spiro atoms. The van der Waals surface area contributed by atoms with Gasteiger partial charge in [-0.05, 0) is 13.0 Å². The molecule has 19 heavy (non-hydrogen) atoms. The van der Waals surface area contributed by atoms with E-state index in [9.17, 15) is 14.9 Å². The highest BCUT2D eigenvalue weighted by Crippen LogP contribution is 2.17. The zero-order chi connectivity index (χ0) is 13.8. The molecule has 1 aromatic carbocycles. The Bertz CT molecular complexity index is 624. The summed E-state index contributed by atoms with van der Waals surface area (Å²) in [5.41, 5.74) is 1.05. The third-order valence-electron chi connectivity index (χ3n) is 2.35. The van der Waals surface area contributed by atoms with E-state index in [1.165, 1.54) is 29.5 Å². The van der Waals surface area contributed by atoms with Gasteiger partial charge in [0.15, 0.2) is 0 Å². The lowest BCUT2D eigenvalue weighted by Gasteiger charge is -2.03. The number of nitrogens with one attached hydrogen (secondary N) is 1. The van der Waals surface area contributed by atoms with E-state index in [1.54, 1.807) is 6.07 Å². The van der Waals surface area contributed by atoms with Gasteiger partial charge in [-0.15, -0.1) is 11.3 Å². The van der Waals surface area contributed by atoms with Crippen LogP contribution in [0.15, 0.2) is 29.6 Å². The van der Waals surface area contributed by atoms with Crippen LogP contribution in [0.2, 0.25) is 0 Å². The number of nitro groups is 1. The minimum Gasteiger partial charge on any atom is -0.325 e. The van der Waals surface area contributed by atoms with Gasteiger partial charge in [-0.1, -0.05) is 6.07 Å². The number of nitrogens with zero attached hydrogens (tertiary/aromatic N) is 2. The summed E-state index contributed by atoms with van der Waals surface area (Å²) in [5, 5.41) is 16.0. The summed E-state index contributed by atoms with van der Waals surface area (Å²) in [7, 11) is 0. The van der Waals surface area contributed by atoms with Gasteiger partial charge in [0.25, 0.3) is 5.69 Å². The first-order valence-electron chi connectivity index (χ1n) is 5.50. The van der Waals surface area contributed by atoms with Crippen molar-refractivity contribution in [1.29, 1.82) is 0 Å². The normalized spacial score (nSPS) is 10.2. The molecule has 0 radical (unpaired) electrons. The summed E-state index contributed by atoms with van der Waals surface area (Å²) in [6, 6.07) is 5.83. The number of amides is 1. The van der Waals surface area contributed by atoms with Crippen molar-refractivity contribution < 1.29 is 9.72 Å². The second-order valence-corrected chi connectivity index (χ2v) is 4.95. The van der Waals surface area contributed by atoms with Crippen molar-refractivity contribution in [2.24, 2.45) is 0 Å². The standard InChI is InChI=1S/C12H11N3O3S/c1-8-13-10(7-19-8)6-12(16)14-9-3-2-4-11(5-9)15(17)18/h2-5,7H,6H2,1H3,(H,14,16). The lowest BCUT2D eigenvalue weighted by Crippen LogP contribution is -2.14. The van der Waals surface area contributed by atoms with E-state index in [0.717, 1.165) is 5.01 Å². The van der Waals surface area contributed by atoms with Gasteiger partial charge in [0, 0.05) is 23.2 Å². The van der Waals surface area contributed by atoms with Crippen LogP contribution in [0.4, 0.5) is 11.4 Å². The Balaban J connectivity index is 2.02. The Labute approximate surface area is 113 Å². The average Bonchev–Trinajstić information content (AvgIpc) is 2.74. The molecule has 6 nitrogen and oxygen atoms in total. The lowest BCUT2D eigenvalue weighted by atomic mass is 10.2. The fourth-order valence-corrected chi connectivity index (χ4v) is 2.17. The van der Waals surface area contributed by atoms with Crippen LogP contribution in [-0.4, -0.2) is 15.8 Å². The number of anilines is 1. The van der Waals surface area contributed by atoms with Gasteiger partial charge in [-0.2, -0.15) is 0 Å². The Morgan fingerprint density at radius 1 is 1.53 bits per heavy atom. The van der Waals surface area contributed by atoms with E-state index in [-0.39, 0.29) is 18.0 Å². The Hall–Kier alpha value is -2.28. The highest BCUT2D eigenvalue weighted by molar-refractivity contribution is 7.09. The van der Waals surface area contributed by atoms with Crippen LogP contribution in [-0.2, 0) is 11.2 Å². The topological polar surface area (TPSA) is 85.1 Å². The molecule has 0 bridgehead atoms. The highest BCUT2D eigenvalue weighted by atomic mass is 32.1. The number of carbonyl (C=O) groups is 1. The van der Waals surface area contributed by atoms with Crippen molar-refractivity contribution in [3.05, 3.63) is 50.5 Å². The van der Waals surface area contributed by atoms with Crippen LogP contribution < -0.4 is 5.32 Å². The molecule has 1 heterocycles. The van der Waals surface area contributed by atoms with Gasteiger partial charge in [-0.3, -0.25) is 14.9 Å². The Morgan fingerprint density at radius 3 is 2.95 bits per heavy atom. The fraction of sp³-hybridized carbons (Fsp3) is 0.167. The Kier molecular flexibility index (Phi) is 3.86. The van der Waals surface area contributed by atoms with Gasteiger partial charge >= 0.3 is 0 Å². The number of aryl methyl sites for hydroxylation is 1. The van der Waals surface area contributed by atoms with E-state index in [0.29, 0.717) is 11.4 Å². The van der Waals surface area contributed by atoms with Crippen molar-refractivity contribution in [2.45, 2.75) is 13.3 Å². The summed E-state index contributed by atoms with van der Waals surface area (Å²) < 4.78 is 0. The second kappa shape index (κ2) is 5.57. The number of thiazole rings is 1. The summed E-state index contributed by atoms with van der Waals surface area (Å²) >= 11 is 1.48. The number of hydrogen-bond donors (Lipinski definition) is 1. The summed E-state index contributed by atoms with van der Waals surface area (Å²) in [5.74, 6) is -0.245. The second-order valence-electron chi connectivity index (χ2n) is 3.89. The average molecular weight is 277 g/mol. The predicted molar refractivity (Wildman–Crippen MR) is 72.3 cm³/mol. The first-order chi connectivity index (χ1) is 9.04. The van der Waals surface area contributed by atoms with Crippen molar-refractivity contribution in [3.8, 4) is 0 Å². The largest absolute Gasteiger partial charge is 0.325 e. The van der Waals surface area contributed by atoms with Gasteiger partial charge in [0.05, 0.1) is 22.0 Å². The molecular weight excluding hydrogens is 266 g/mol. The quantitative estimate of drug-likeness (QED) is 0.687. The molecule has 0 aliphatic carbocycles. The molecule has 0 unspecified atom stereocenters. The monoisotopic (exact) mass is 277 g/mol. The van der Waals surface area contributed by atoms with Crippen molar-refractivity contribution in [3.63, 3.8) is 0 Å². The smallest absolute Gasteiger partial charge is 0.271 e. The van der Waals surface area contributed by atoms with E-state index in [2.05, 4.69) is 10.3 Å². The number of hydrogen-bond acceptors (Lipinski definition) is 5. The molecule has 1 amide bonds. The SMILES string of the molecule is Cc1nc(CC(=O)Nc2cccc([N+](=O)[O-])c2)cs1. The van der Waals surface area contributed by atoms with Crippen LogP contribution in [0, 0.1) is 17.0 Å². The summed E-state index contributed by atoms with van der Waals surface area (Å²) in [6.45, 7) is 1.87.